The fourth-order valence-electron chi connectivity index (χ4n) is 2.67. The van der Waals surface area contributed by atoms with Crippen molar-refractivity contribution in [3.63, 3.8) is 0 Å². The van der Waals surface area contributed by atoms with Crippen molar-refractivity contribution < 1.29 is 9.47 Å². The van der Waals surface area contributed by atoms with E-state index in [4.69, 9.17) is 9.47 Å². The van der Waals surface area contributed by atoms with Crippen molar-refractivity contribution in [3.8, 4) is 0 Å². The third-order valence-electron chi connectivity index (χ3n) is 3.96. The minimum absolute atomic E-state index is 0.378. The zero-order valence-corrected chi connectivity index (χ0v) is 13.0. The van der Waals surface area contributed by atoms with E-state index < -0.39 is 0 Å². The highest BCUT2D eigenvalue weighted by Gasteiger charge is 2.11. The van der Waals surface area contributed by atoms with Crippen LogP contribution >= 0.6 is 0 Å². The van der Waals surface area contributed by atoms with E-state index >= 15 is 0 Å². The van der Waals surface area contributed by atoms with Crippen molar-refractivity contribution in [2.45, 2.75) is 58.5 Å². The van der Waals surface area contributed by atoms with Gasteiger partial charge in [-0.05, 0) is 35.3 Å². The molecule has 1 atom stereocenters. The van der Waals surface area contributed by atoms with Crippen molar-refractivity contribution >= 4 is 0 Å². The summed E-state index contributed by atoms with van der Waals surface area (Å²) in [5.41, 5.74) is 1.59. The van der Waals surface area contributed by atoms with Crippen LogP contribution in [-0.4, -0.2) is 25.9 Å². The van der Waals surface area contributed by atoms with E-state index in [2.05, 4.69) is 32.0 Å². The Morgan fingerprint density at radius 1 is 1.10 bits per heavy atom. The molecule has 0 aromatic carbocycles. The molecule has 0 amide bonds. The Balaban J connectivity index is 0.000000151. The van der Waals surface area contributed by atoms with Crippen LogP contribution in [0.2, 0.25) is 0 Å². The van der Waals surface area contributed by atoms with E-state index in [0.717, 1.165) is 26.2 Å². The fraction of sp³-hybridized carbons (Fsp3) is 0.667. The molecule has 3 rings (SSSR count). The normalized spacial score (nSPS) is 19.2. The highest BCUT2D eigenvalue weighted by atomic mass is 16.6. The number of rotatable bonds is 6. The number of ether oxygens (including phenoxy) is 2. The first kappa shape index (κ1) is 15.5. The molecule has 1 heterocycles. The van der Waals surface area contributed by atoms with Gasteiger partial charge in [0.05, 0.1) is 25.9 Å². The SMILES string of the molecule is CCCC1COCCO1.CCCCCc1cc2ccc1=2. The molecule has 2 aliphatic carbocycles. The highest BCUT2D eigenvalue weighted by Crippen LogP contribution is 2.18. The molecule has 20 heavy (non-hydrogen) atoms. The molecule has 0 aromatic heterocycles. The lowest BCUT2D eigenvalue weighted by atomic mass is 9.95. The molecular formula is C18H28O2. The van der Waals surface area contributed by atoms with E-state index in [0.29, 0.717) is 6.10 Å². The zero-order chi connectivity index (χ0) is 14.2. The Kier molecular flexibility index (Phi) is 6.55. The van der Waals surface area contributed by atoms with Crippen LogP contribution in [-0.2, 0) is 15.9 Å². The van der Waals surface area contributed by atoms with Gasteiger partial charge in [0.25, 0.3) is 0 Å². The number of aryl methyl sites for hydroxylation is 1. The fourth-order valence-corrected chi connectivity index (χ4v) is 2.67. The van der Waals surface area contributed by atoms with Gasteiger partial charge in [0, 0.05) is 0 Å². The smallest absolute Gasteiger partial charge is 0.0809 e. The van der Waals surface area contributed by atoms with Gasteiger partial charge >= 0.3 is 0 Å². The Morgan fingerprint density at radius 3 is 2.50 bits per heavy atom. The summed E-state index contributed by atoms with van der Waals surface area (Å²) < 4.78 is 10.6. The minimum atomic E-state index is 0.378. The molecule has 0 radical (unpaired) electrons. The van der Waals surface area contributed by atoms with Gasteiger partial charge in [-0.2, -0.15) is 0 Å². The molecule has 1 unspecified atom stereocenters. The number of unbranched alkanes of at least 4 members (excludes halogenated alkanes) is 2. The van der Waals surface area contributed by atoms with Crippen molar-refractivity contribution in [2.75, 3.05) is 19.8 Å². The lowest BCUT2D eigenvalue weighted by Crippen LogP contribution is -2.28. The average Bonchev–Trinajstić information content (AvgIpc) is 2.46. The molecule has 3 aliphatic rings. The van der Waals surface area contributed by atoms with Crippen molar-refractivity contribution in [1.29, 1.82) is 0 Å². The van der Waals surface area contributed by atoms with Crippen LogP contribution < -0.4 is 0 Å². The lowest BCUT2D eigenvalue weighted by Gasteiger charge is -2.21. The maximum absolute atomic E-state index is 5.39. The molecule has 0 saturated carbocycles. The summed E-state index contributed by atoms with van der Waals surface area (Å²) in [5.74, 6) is 0. The van der Waals surface area contributed by atoms with Crippen molar-refractivity contribution in [2.24, 2.45) is 0 Å². The summed E-state index contributed by atoms with van der Waals surface area (Å²) in [4.78, 5) is 0. The van der Waals surface area contributed by atoms with Gasteiger partial charge in [0.15, 0.2) is 0 Å². The standard InChI is InChI=1S/C11H14.C7H14O2/c1-2-3-4-5-9-8-10-6-7-11(9)10;1-2-3-7-6-8-4-5-9-7/h6-8H,2-5H2,1H3;7H,2-6H2,1H3. The number of hydrogen-bond acceptors (Lipinski definition) is 2. The summed E-state index contributed by atoms with van der Waals surface area (Å²) in [7, 11) is 0. The van der Waals surface area contributed by atoms with Gasteiger partial charge in [0.1, 0.15) is 0 Å². The van der Waals surface area contributed by atoms with Gasteiger partial charge in [0.2, 0.25) is 0 Å². The number of hydrogen-bond donors (Lipinski definition) is 0. The number of benzene rings is 1. The van der Waals surface area contributed by atoms with E-state index in [1.807, 2.05) is 0 Å². The van der Waals surface area contributed by atoms with Gasteiger partial charge in [-0.25, -0.2) is 0 Å². The summed E-state index contributed by atoms with van der Waals surface area (Å²) in [6.07, 6.45) is 8.08. The average molecular weight is 276 g/mol. The molecule has 1 fully saturated rings. The topological polar surface area (TPSA) is 18.5 Å². The Hall–Kier alpha value is -0.860. The zero-order valence-electron chi connectivity index (χ0n) is 13.0. The highest BCUT2D eigenvalue weighted by molar-refractivity contribution is 5.33. The quantitative estimate of drug-likeness (QED) is 0.735. The summed E-state index contributed by atoms with van der Waals surface area (Å²) >= 11 is 0. The Labute approximate surface area is 122 Å². The molecular weight excluding hydrogens is 248 g/mol. The third-order valence-corrected chi connectivity index (χ3v) is 3.96. The maximum atomic E-state index is 5.39. The van der Waals surface area contributed by atoms with E-state index in [1.54, 1.807) is 10.8 Å². The maximum Gasteiger partial charge on any atom is 0.0809 e. The monoisotopic (exact) mass is 276 g/mol. The van der Waals surface area contributed by atoms with Crippen LogP contribution in [0.1, 0.15) is 51.5 Å². The van der Waals surface area contributed by atoms with Crippen LogP contribution in [0.15, 0.2) is 18.2 Å². The molecule has 112 valence electrons. The first-order valence-electron chi connectivity index (χ1n) is 8.17. The van der Waals surface area contributed by atoms with Crippen molar-refractivity contribution in [3.05, 3.63) is 34.2 Å². The van der Waals surface area contributed by atoms with Crippen LogP contribution in [0.25, 0.3) is 0 Å². The predicted octanol–water partition coefficient (Wildman–Crippen LogP) is 4.22. The Bertz CT molecular complexity index is 472. The molecule has 2 heteroatoms. The first-order valence-corrected chi connectivity index (χ1v) is 8.17. The summed E-state index contributed by atoms with van der Waals surface area (Å²) in [6, 6.07) is 6.75. The van der Waals surface area contributed by atoms with Gasteiger partial charge in [-0.3, -0.25) is 0 Å². The lowest BCUT2D eigenvalue weighted by molar-refractivity contribution is -0.0906. The predicted molar refractivity (Wildman–Crippen MR) is 82.8 cm³/mol. The second kappa shape index (κ2) is 8.43. The second-order valence-corrected chi connectivity index (χ2v) is 5.69. The molecule has 2 nitrogen and oxygen atoms in total. The van der Waals surface area contributed by atoms with Gasteiger partial charge < -0.3 is 9.47 Å². The van der Waals surface area contributed by atoms with E-state index in [1.165, 1.54) is 37.3 Å². The van der Waals surface area contributed by atoms with E-state index in [-0.39, 0.29) is 0 Å². The molecule has 0 spiro atoms. The largest absolute Gasteiger partial charge is 0.376 e. The van der Waals surface area contributed by atoms with Crippen LogP contribution in [0, 0.1) is 10.4 Å². The van der Waals surface area contributed by atoms with Gasteiger partial charge in [-0.15, -0.1) is 0 Å². The van der Waals surface area contributed by atoms with E-state index in [9.17, 15) is 0 Å². The molecule has 0 aromatic rings. The van der Waals surface area contributed by atoms with Crippen molar-refractivity contribution in [1.82, 2.24) is 0 Å². The first-order chi connectivity index (χ1) is 9.85. The molecule has 0 bridgehead atoms. The Morgan fingerprint density at radius 2 is 2.00 bits per heavy atom. The van der Waals surface area contributed by atoms with Gasteiger partial charge in [-0.1, -0.05) is 51.3 Å². The molecule has 0 N–H and O–H groups in total. The second-order valence-electron chi connectivity index (χ2n) is 5.69. The third kappa shape index (κ3) is 4.32. The van der Waals surface area contributed by atoms with Crippen LogP contribution in [0.3, 0.4) is 0 Å². The minimum Gasteiger partial charge on any atom is -0.376 e. The molecule has 1 aliphatic heterocycles. The van der Waals surface area contributed by atoms with Crippen LogP contribution in [0.5, 0.6) is 0 Å². The van der Waals surface area contributed by atoms with Crippen LogP contribution in [0.4, 0.5) is 0 Å². The molecule has 1 saturated heterocycles. The summed E-state index contributed by atoms with van der Waals surface area (Å²) in [5, 5.41) is 3.03. The summed E-state index contributed by atoms with van der Waals surface area (Å²) in [6.45, 7) is 6.78.